The SMILES string of the molecule is CN(C(=O)c1cc(Cl)nc(Cl)c1)c1cccc(O)c1. The van der Waals surface area contributed by atoms with E-state index in [1.54, 1.807) is 19.2 Å². The number of carbonyl (C=O) groups excluding carboxylic acids is 1. The summed E-state index contributed by atoms with van der Waals surface area (Å²) >= 11 is 11.5. The van der Waals surface area contributed by atoms with Gasteiger partial charge in [-0.15, -0.1) is 0 Å². The van der Waals surface area contributed by atoms with Crippen LogP contribution in [0.3, 0.4) is 0 Å². The van der Waals surface area contributed by atoms with Crippen LogP contribution in [0.15, 0.2) is 36.4 Å². The molecule has 6 heteroatoms. The molecule has 0 fully saturated rings. The lowest BCUT2D eigenvalue weighted by atomic mass is 10.2. The molecule has 2 aromatic rings. The standard InChI is InChI=1S/C13H10Cl2N2O2/c1-17(9-3-2-4-10(18)7-9)13(19)8-5-11(14)16-12(15)6-8/h2-7,18H,1H3. The van der Waals surface area contributed by atoms with Gasteiger partial charge in [0.15, 0.2) is 0 Å². The number of rotatable bonds is 2. The van der Waals surface area contributed by atoms with Crippen molar-refractivity contribution >= 4 is 34.8 Å². The predicted molar refractivity (Wildman–Crippen MR) is 75.1 cm³/mol. The molecule has 1 aromatic heterocycles. The van der Waals surface area contributed by atoms with Crippen molar-refractivity contribution in [2.24, 2.45) is 0 Å². The first-order valence-electron chi connectivity index (χ1n) is 5.37. The fraction of sp³-hybridized carbons (Fsp3) is 0.0769. The number of pyridine rings is 1. The van der Waals surface area contributed by atoms with Crippen molar-refractivity contribution in [1.82, 2.24) is 4.98 Å². The van der Waals surface area contributed by atoms with Crippen LogP contribution in [0, 0.1) is 0 Å². The van der Waals surface area contributed by atoms with Gasteiger partial charge in [-0.05, 0) is 24.3 Å². The number of carbonyl (C=O) groups is 1. The summed E-state index contributed by atoms with van der Waals surface area (Å²) in [6.07, 6.45) is 0. The quantitative estimate of drug-likeness (QED) is 0.865. The molecular weight excluding hydrogens is 287 g/mol. The largest absolute Gasteiger partial charge is 0.508 e. The summed E-state index contributed by atoms with van der Waals surface area (Å²) < 4.78 is 0. The topological polar surface area (TPSA) is 53.4 Å². The Labute approximate surface area is 120 Å². The highest BCUT2D eigenvalue weighted by Crippen LogP contribution is 2.22. The molecule has 0 radical (unpaired) electrons. The van der Waals surface area contributed by atoms with Crippen molar-refractivity contribution in [3.8, 4) is 5.75 Å². The van der Waals surface area contributed by atoms with Crippen LogP contribution in [0.4, 0.5) is 5.69 Å². The Kier molecular flexibility index (Phi) is 3.93. The number of anilines is 1. The Balaban J connectivity index is 2.33. The van der Waals surface area contributed by atoms with Gasteiger partial charge in [0.25, 0.3) is 5.91 Å². The molecule has 4 nitrogen and oxygen atoms in total. The van der Waals surface area contributed by atoms with Crippen LogP contribution in [-0.2, 0) is 0 Å². The minimum atomic E-state index is -0.295. The summed E-state index contributed by atoms with van der Waals surface area (Å²) in [4.78, 5) is 17.4. The normalized spacial score (nSPS) is 10.3. The average molecular weight is 297 g/mol. The van der Waals surface area contributed by atoms with Crippen LogP contribution < -0.4 is 4.90 Å². The first-order chi connectivity index (χ1) is 8.97. The van der Waals surface area contributed by atoms with E-state index in [9.17, 15) is 9.90 Å². The number of phenols is 1. The van der Waals surface area contributed by atoms with Gasteiger partial charge in [0.2, 0.25) is 0 Å². The van der Waals surface area contributed by atoms with Gasteiger partial charge in [0.05, 0.1) is 0 Å². The van der Waals surface area contributed by atoms with E-state index in [0.717, 1.165) is 0 Å². The summed E-state index contributed by atoms with van der Waals surface area (Å²) in [5.74, 6) is -0.209. The van der Waals surface area contributed by atoms with Gasteiger partial charge in [-0.2, -0.15) is 0 Å². The van der Waals surface area contributed by atoms with E-state index in [0.29, 0.717) is 11.3 Å². The molecule has 0 bridgehead atoms. The van der Waals surface area contributed by atoms with Crippen LogP contribution in [0.2, 0.25) is 10.3 Å². The molecule has 1 aromatic carbocycles. The minimum Gasteiger partial charge on any atom is -0.508 e. The van der Waals surface area contributed by atoms with Crippen LogP contribution in [0.5, 0.6) is 5.75 Å². The molecule has 1 amide bonds. The molecular formula is C13H10Cl2N2O2. The van der Waals surface area contributed by atoms with Gasteiger partial charge < -0.3 is 10.0 Å². The molecule has 98 valence electrons. The van der Waals surface area contributed by atoms with Crippen LogP contribution in [0.1, 0.15) is 10.4 Å². The molecule has 0 unspecified atom stereocenters. The van der Waals surface area contributed by atoms with E-state index >= 15 is 0 Å². The Morgan fingerprint density at radius 2 is 1.84 bits per heavy atom. The average Bonchev–Trinajstić information content (AvgIpc) is 2.36. The lowest BCUT2D eigenvalue weighted by molar-refractivity contribution is 0.0993. The second-order valence-electron chi connectivity index (χ2n) is 3.89. The van der Waals surface area contributed by atoms with Crippen molar-refractivity contribution < 1.29 is 9.90 Å². The number of phenolic OH excluding ortho intramolecular Hbond substituents is 1. The van der Waals surface area contributed by atoms with Crippen LogP contribution in [-0.4, -0.2) is 23.0 Å². The summed E-state index contributed by atoms with van der Waals surface area (Å²) in [6, 6.07) is 9.26. The number of aromatic nitrogens is 1. The van der Waals surface area contributed by atoms with E-state index in [4.69, 9.17) is 23.2 Å². The summed E-state index contributed by atoms with van der Waals surface area (Å²) in [5, 5.41) is 9.72. The van der Waals surface area contributed by atoms with Crippen LogP contribution in [0.25, 0.3) is 0 Å². The molecule has 0 aliphatic heterocycles. The van der Waals surface area contributed by atoms with Crippen molar-refractivity contribution in [3.63, 3.8) is 0 Å². The third-order valence-electron chi connectivity index (χ3n) is 2.53. The first-order valence-corrected chi connectivity index (χ1v) is 6.13. The van der Waals surface area contributed by atoms with Crippen molar-refractivity contribution in [2.75, 3.05) is 11.9 Å². The second kappa shape index (κ2) is 5.47. The molecule has 0 saturated heterocycles. The van der Waals surface area contributed by atoms with Crippen LogP contribution >= 0.6 is 23.2 Å². The van der Waals surface area contributed by atoms with Gasteiger partial charge in [-0.1, -0.05) is 29.3 Å². The molecule has 1 heterocycles. The zero-order valence-corrected chi connectivity index (χ0v) is 11.5. The summed E-state index contributed by atoms with van der Waals surface area (Å²) in [7, 11) is 1.60. The van der Waals surface area contributed by atoms with Gasteiger partial charge in [0, 0.05) is 24.4 Å². The second-order valence-corrected chi connectivity index (χ2v) is 4.66. The van der Waals surface area contributed by atoms with E-state index in [-0.39, 0.29) is 22.0 Å². The molecule has 0 aliphatic rings. The number of amides is 1. The van der Waals surface area contributed by atoms with E-state index in [1.807, 2.05) is 0 Å². The number of benzene rings is 1. The smallest absolute Gasteiger partial charge is 0.258 e. The lowest BCUT2D eigenvalue weighted by Gasteiger charge is -2.17. The molecule has 2 rings (SSSR count). The van der Waals surface area contributed by atoms with Crippen molar-refractivity contribution in [1.29, 1.82) is 0 Å². The maximum absolute atomic E-state index is 12.3. The number of hydrogen-bond donors (Lipinski definition) is 1. The number of nitrogens with zero attached hydrogens (tertiary/aromatic N) is 2. The highest BCUT2D eigenvalue weighted by Gasteiger charge is 2.15. The predicted octanol–water partition coefficient (Wildman–Crippen LogP) is 3.37. The highest BCUT2D eigenvalue weighted by atomic mass is 35.5. The monoisotopic (exact) mass is 296 g/mol. The fourth-order valence-electron chi connectivity index (χ4n) is 1.60. The summed E-state index contributed by atoms with van der Waals surface area (Å²) in [5.41, 5.74) is 0.893. The summed E-state index contributed by atoms with van der Waals surface area (Å²) in [6.45, 7) is 0. The van der Waals surface area contributed by atoms with Gasteiger partial charge >= 0.3 is 0 Å². The van der Waals surface area contributed by atoms with E-state index in [1.165, 1.54) is 29.2 Å². The molecule has 1 N–H and O–H groups in total. The first kappa shape index (κ1) is 13.6. The third kappa shape index (κ3) is 3.16. The maximum Gasteiger partial charge on any atom is 0.258 e. The molecule has 0 spiro atoms. The molecule has 0 aliphatic carbocycles. The van der Waals surface area contributed by atoms with Gasteiger partial charge in [-0.25, -0.2) is 4.98 Å². The number of hydrogen-bond acceptors (Lipinski definition) is 3. The lowest BCUT2D eigenvalue weighted by Crippen LogP contribution is -2.26. The Bertz CT molecular complexity index is 612. The van der Waals surface area contributed by atoms with Crippen molar-refractivity contribution in [2.45, 2.75) is 0 Å². The van der Waals surface area contributed by atoms with Gasteiger partial charge in [0.1, 0.15) is 16.1 Å². The van der Waals surface area contributed by atoms with Crippen molar-refractivity contribution in [3.05, 3.63) is 52.3 Å². The molecule has 19 heavy (non-hydrogen) atoms. The van der Waals surface area contributed by atoms with E-state index in [2.05, 4.69) is 4.98 Å². The maximum atomic E-state index is 12.3. The van der Waals surface area contributed by atoms with Gasteiger partial charge in [-0.3, -0.25) is 4.79 Å². The number of halogens is 2. The van der Waals surface area contributed by atoms with E-state index < -0.39 is 0 Å². The molecule has 0 atom stereocenters. The zero-order chi connectivity index (χ0) is 14.0. The molecule has 0 saturated carbocycles. The minimum absolute atomic E-state index is 0.0861. The Morgan fingerprint density at radius 1 is 1.21 bits per heavy atom. The Morgan fingerprint density at radius 3 is 2.42 bits per heavy atom. The zero-order valence-electron chi connectivity index (χ0n) is 9.97. The third-order valence-corrected chi connectivity index (χ3v) is 2.92. The number of aromatic hydroxyl groups is 1. The highest BCUT2D eigenvalue weighted by molar-refractivity contribution is 6.33. The fourth-order valence-corrected chi connectivity index (χ4v) is 2.06. The Hall–Kier alpha value is -1.78.